The van der Waals surface area contributed by atoms with Gasteiger partial charge in [-0.1, -0.05) is 6.07 Å². The molecule has 2 aliphatic heterocycles. The molecule has 1 amide bonds. The number of benzene rings is 1. The molecule has 0 radical (unpaired) electrons. The van der Waals surface area contributed by atoms with Crippen molar-refractivity contribution >= 4 is 27.6 Å². The van der Waals surface area contributed by atoms with Crippen LogP contribution in [-0.2, 0) is 24.3 Å². The van der Waals surface area contributed by atoms with Crippen molar-refractivity contribution in [3.8, 4) is 0 Å². The molecule has 1 spiro atoms. The molecule has 1 N–H and O–H groups in total. The molecule has 1 aromatic rings. The van der Waals surface area contributed by atoms with E-state index in [1.165, 1.54) is 4.31 Å². The number of carbonyl (C=O) groups excluding carboxylic acids is 2. The van der Waals surface area contributed by atoms with Crippen LogP contribution in [0.3, 0.4) is 0 Å². The van der Waals surface area contributed by atoms with E-state index in [0.717, 1.165) is 11.1 Å². The van der Waals surface area contributed by atoms with Crippen molar-refractivity contribution in [3.63, 3.8) is 0 Å². The van der Waals surface area contributed by atoms with E-state index in [-0.39, 0.29) is 43.2 Å². The van der Waals surface area contributed by atoms with Crippen molar-refractivity contribution in [2.75, 3.05) is 24.2 Å². The molecule has 3 rings (SSSR count). The van der Waals surface area contributed by atoms with Crippen LogP contribution < -0.4 is 5.32 Å². The van der Waals surface area contributed by atoms with Crippen molar-refractivity contribution in [2.24, 2.45) is 0 Å². The van der Waals surface area contributed by atoms with E-state index in [4.69, 9.17) is 4.74 Å². The third-order valence-corrected chi connectivity index (χ3v) is 7.59. The van der Waals surface area contributed by atoms with Crippen LogP contribution >= 0.6 is 0 Å². The summed E-state index contributed by atoms with van der Waals surface area (Å²) in [5.74, 6) is -0.871. The van der Waals surface area contributed by atoms with Gasteiger partial charge in [-0.2, -0.15) is 0 Å². The average Bonchev–Trinajstić information content (AvgIpc) is 2.88. The number of piperidine rings is 1. The normalized spacial score (nSPS) is 19.8. The lowest BCUT2D eigenvalue weighted by molar-refractivity contribution is -0.149. The third kappa shape index (κ3) is 3.58. The van der Waals surface area contributed by atoms with Gasteiger partial charge in [0.25, 0.3) is 5.91 Å². The van der Waals surface area contributed by atoms with Crippen molar-refractivity contribution in [1.82, 2.24) is 4.31 Å². The van der Waals surface area contributed by atoms with E-state index < -0.39 is 21.6 Å². The molecule has 7 nitrogen and oxygen atoms in total. The lowest BCUT2D eigenvalue weighted by Crippen LogP contribution is -2.49. The standard InChI is InChI=1S/C20H26N2O5S/c1-5-28(25,26)22-10-8-20(9-11-22)17(15(4)19(24)27-20)18(23)21-16-7-6-13(2)14(3)12-16/h6-7,12H,5,8-11H2,1-4H3,(H,21,23). The number of rotatable bonds is 4. The largest absolute Gasteiger partial charge is 0.450 e. The summed E-state index contributed by atoms with van der Waals surface area (Å²) in [6.07, 6.45) is 0.538. The third-order valence-electron chi connectivity index (χ3n) is 5.70. The van der Waals surface area contributed by atoms with Crippen molar-refractivity contribution in [1.29, 1.82) is 0 Å². The number of nitrogens with one attached hydrogen (secondary N) is 1. The fraction of sp³-hybridized carbons (Fsp3) is 0.500. The molecular weight excluding hydrogens is 380 g/mol. The quantitative estimate of drug-likeness (QED) is 0.775. The number of hydrogen-bond acceptors (Lipinski definition) is 5. The molecule has 8 heteroatoms. The minimum absolute atomic E-state index is 0.0226. The summed E-state index contributed by atoms with van der Waals surface area (Å²) in [5.41, 5.74) is 2.35. The molecule has 0 atom stereocenters. The lowest BCUT2D eigenvalue weighted by Gasteiger charge is -2.38. The van der Waals surface area contributed by atoms with Gasteiger partial charge >= 0.3 is 5.97 Å². The van der Waals surface area contributed by atoms with E-state index >= 15 is 0 Å². The van der Waals surface area contributed by atoms with Crippen LogP contribution in [0.4, 0.5) is 5.69 Å². The fourth-order valence-corrected chi connectivity index (χ4v) is 4.90. The first-order chi connectivity index (χ1) is 13.1. The summed E-state index contributed by atoms with van der Waals surface area (Å²) in [6.45, 7) is 7.57. The molecule has 0 unspecified atom stereocenters. The molecule has 1 fully saturated rings. The molecule has 0 aliphatic carbocycles. The lowest BCUT2D eigenvalue weighted by atomic mass is 9.83. The Morgan fingerprint density at radius 2 is 1.82 bits per heavy atom. The number of hydrogen-bond donors (Lipinski definition) is 1. The van der Waals surface area contributed by atoms with Gasteiger partial charge in [-0.05, 0) is 51.0 Å². The van der Waals surface area contributed by atoms with Gasteiger partial charge in [0.1, 0.15) is 5.60 Å². The van der Waals surface area contributed by atoms with Crippen LogP contribution in [0.25, 0.3) is 0 Å². The molecule has 0 saturated carbocycles. The highest BCUT2D eigenvalue weighted by atomic mass is 32.2. The number of esters is 1. The first-order valence-corrected chi connectivity index (χ1v) is 11.0. The molecule has 28 heavy (non-hydrogen) atoms. The maximum atomic E-state index is 13.0. The van der Waals surface area contributed by atoms with E-state index in [2.05, 4.69) is 5.32 Å². The minimum atomic E-state index is -3.31. The highest BCUT2D eigenvalue weighted by Crippen LogP contribution is 2.42. The van der Waals surface area contributed by atoms with Gasteiger partial charge < -0.3 is 10.1 Å². The zero-order valence-corrected chi connectivity index (χ0v) is 17.5. The fourth-order valence-electron chi connectivity index (χ4n) is 3.80. The number of anilines is 1. The Kier molecular flexibility index (Phi) is 5.38. The maximum absolute atomic E-state index is 13.0. The number of carbonyl (C=O) groups is 2. The molecule has 1 saturated heterocycles. The Morgan fingerprint density at radius 3 is 2.39 bits per heavy atom. The summed E-state index contributed by atoms with van der Waals surface area (Å²) in [5, 5.41) is 2.87. The summed E-state index contributed by atoms with van der Waals surface area (Å²) in [7, 11) is -3.31. The highest BCUT2D eigenvalue weighted by Gasteiger charge is 2.51. The molecule has 0 aromatic heterocycles. The first kappa shape index (κ1) is 20.5. The number of ether oxygens (including phenoxy) is 1. The predicted molar refractivity (Wildman–Crippen MR) is 106 cm³/mol. The monoisotopic (exact) mass is 406 g/mol. The van der Waals surface area contributed by atoms with Crippen LogP contribution in [0, 0.1) is 13.8 Å². The zero-order chi connectivity index (χ0) is 20.7. The van der Waals surface area contributed by atoms with E-state index in [1.54, 1.807) is 13.8 Å². The molecule has 0 bridgehead atoms. The average molecular weight is 407 g/mol. The van der Waals surface area contributed by atoms with Crippen molar-refractivity contribution in [2.45, 2.75) is 46.1 Å². The molecule has 2 heterocycles. The van der Waals surface area contributed by atoms with Crippen molar-refractivity contribution < 1.29 is 22.7 Å². The van der Waals surface area contributed by atoms with Gasteiger partial charge in [0.05, 0.1) is 11.3 Å². The molecule has 1 aromatic carbocycles. The smallest absolute Gasteiger partial charge is 0.335 e. The van der Waals surface area contributed by atoms with Gasteiger partial charge in [0, 0.05) is 37.2 Å². The SMILES string of the molecule is CCS(=O)(=O)N1CCC2(CC1)OC(=O)C(C)=C2C(=O)Nc1ccc(C)c(C)c1. The predicted octanol–water partition coefficient (Wildman–Crippen LogP) is 2.30. The topological polar surface area (TPSA) is 92.8 Å². The van der Waals surface area contributed by atoms with E-state index in [9.17, 15) is 18.0 Å². The van der Waals surface area contributed by atoms with Gasteiger partial charge in [0.2, 0.25) is 10.0 Å². The Balaban J connectivity index is 1.85. The second-order valence-electron chi connectivity index (χ2n) is 7.44. The molecule has 2 aliphatic rings. The highest BCUT2D eigenvalue weighted by molar-refractivity contribution is 7.89. The van der Waals surface area contributed by atoms with Crippen molar-refractivity contribution in [3.05, 3.63) is 40.5 Å². The molecular formula is C20H26N2O5S. The van der Waals surface area contributed by atoms with E-state index in [0.29, 0.717) is 11.3 Å². The maximum Gasteiger partial charge on any atom is 0.335 e. The number of sulfonamides is 1. The van der Waals surface area contributed by atoms with Crippen LogP contribution in [0.2, 0.25) is 0 Å². The van der Waals surface area contributed by atoms with Crippen LogP contribution in [0.15, 0.2) is 29.3 Å². The zero-order valence-electron chi connectivity index (χ0n) is 16.7. The second kappa shape index (κ2) is 7.33. The summed E-state index contributed by atoms with van der Waals surface area (Å²) in [4.78, 5) is 25.3. The summed E-state index contributed by atoms with van der Waals surface area (Å²) in [6, 6.07) is 5.62. The first-order valence-electron chi connectivity index (χ1n) is 9.41. The summed E-state index contributed by atoms with van der Waals surface area (Å²) < 4.78 is 31.3. The van der Waals surface area contributed by atoms with Crippen LogP contribution in [-0.4, -0.2) is 49.0 Å². The van der Waals surface area contributed by atoms with E-state index in [1.807, 2.05) is 32.0 Å². The Hall–Kier alpha value is -2.19. The van der Waals surface area contributed by atoms with Crippen LogP contribution in [0.1, 0.15) is 37.8 Å². The van der Waals surface area contributed by atoms with Gasteiger partial charge in [-0.15, -0.1) is 0 Å². The number of aryl methyl sites for hydroxylation is 2. The minimum Gasteiger partial charge on any atom is -0.450 e. The Labute approximate surface area is 165 Å². The van der Waals surface area contributed by atoms with Crippen LogP contribution in [0.5, 0.6) is 0 Å². The van der Waals surface area contributed by atoms with Gasteiger partial charge in [0.15, 0.2) is 0 Å². The Morgan fingerprint density at radius 1 is 1.18 bits per heavy atom. The number of nitrogens with zero attached hydrogens (tertiary/aromatic N) is 1. The molecule has 152 valence electrons. The van der Waals surface area contributed by atoms with Gasteiger partial charge in [-0.25, -0.2) is 17.5 Å². The number of amides is 1. The summed E-state index contributed by atoms with van der Waals surface area (Å²) >= 11 is 0. The second-order valence-corrected chi connectivity index (χ2v) is 9.69. The van der Waals surface area contributed by atoms with Gasteiger partial charge in [-0.3, -0.25) is 4.79 Å². The Bertz CT molecular complexity index is 957.